The molecule has 2 aliphatic heterocycles. The second-order valence-electron chi connectivity index (χ2n) is 7.97. The third-order valence-electron chi connectivity index (χ3n) is 5.98. The lowest BCUT2D eigenvalue weighted by Crippen LogP contribution is -2.45. The Morgan fingerprint density at radius 2 is 2.03 bits per heavy atom. The molecule has 7 heteroatoms. The smallest absolute Gasteiger partial charge is 0.326 e. The Bertz CT molecular complexity index is 868. The predicted octanol–water partition coefficient (Wildman–Crippen LogP) is 3.79. The highest BCUT2D eigenvalue weighted by Crippen LogP contribution is 2.35. The zero-order chi connectivity index (χ0) is 20.4. The van der Waals surface area contributed by atoms with Gasteiger partial charge in [0.2, 0.25) is 0 Å². The Hall–Kier alpha value is -2.38. The van der Waals surface area contributed by atoms with Crippen LogP contribution in [0.1, 0.15) is 42.7 Å². The largest absolute Gasteiger partial charge is 0.497 e. The van der Waals surface area contributed by atoms with Crippen LogP contribution in [0.25, 0.3) is 0 Å². The van der Waals surface area contributed by atoms with E-state index in [2.05, 4.69) is 27.7 Å². The van der Waals surface area contributed by atoms with E-state index >= 15 is 0 Å². The number of methoxy groups -OCH3 is 1. The summed E-state index contributed by atoms with van der Waals surface area (Å²) in [7, 11) is 1.64. The van der Waals surface area contributed by atoms with Gasteiger partial charge in [-0.25, -0.2) is 9.69 Å². The van der Waals surface area contributed by atoms with Crippen LogP contribution < -0.4 is 10.1 Å². The summed E-state index contributed by atoms with van der Waals surface area (Å²) in [5.41, 5.74) is 0.250. The minimum atomic E-state index is -0.866. The summed E-state index contributed by atoms with van der Waals surface area (Å²) in [6.07, 6.45) is 3.43. The summed E-state index contributed by atoms with van der Waals surface area (Å²) >= 11 is 1.74. The van der Waals surface area contributed by atoms with Crippen LogP contribution in [-0.4, -0.2) is 47.6 Å². The van der Waals surface area contributed by atoms with Gasteiger partial charge in [-0.05, 0) is 61.7 Å². The minimum Gasteiger partial charge on any atom is -0.497 e. The molecule has 3 amide bonds. The number of likely N-dealkylation sites (tertiary alicyclic amines) is 1. The summed E-state index contributed by atoms with van der Waals surface area (Å²) in [4.78, 5) is 30.7. The van der Waals surface area contributed by atoms with E-state index < -0.39 is 5.54 Å². The zero-order valence-corrected chi connectivity index (χ0v) is 17.7. The summed E-state index contributed by atoms with van der Waals surface area (Å²) in [5, 5.41) is 5.01. The molecule has 0 bridgehead atoms. The van der Waals surface area contributed by atoms with E-state index in [1.54, 1.807) is 18.4 Å². The molecule has 2 aliphatic rings. The second kappa shape index (κ2) is 8.16. The molecule has 1 N–H and O–H groups in total. The van der Waals surface area contributed by atoms with Crippen molar-refractivity contribution in [2.24, 2.45) is 0 Å². The number of hydrogen-bond donors (Lipinski definition) is 1. The molecule has 2 aromatic rings. The summed E-state index contributed by atoms with van der Waals surface area (Å²) in [5.74, 6) is 0.676. The number of amides is 3. The van der Waals surface area contributed by atoms with Crippen LogP contribution in [0.3, 0.4) is 0 Å². The first-order valence-electron chi connectivity index (χ1n) is 10.0. The number of rotatable bonds is 7. The SMILES string of the molecule is COc1ccc(CC[C@@]2(C)NC(=O)N(CN3CCC[C@@H]3c3cccs3)C2=O)cc1. The molecule has 2 atom stereocenters. The first kappa shape index (κ1) is 19.9. The van der Waals surface area contributed by atoms with Crippen molar-refractivity contribution in [2.75, 3.05) is 20.3 Å². The van der Waals surface area contributed by atoms with E-state index in [4.69, 9.17) is 4.74 Å². The molecule has 0 saturated carbocycles. The Kier molecular flexibility index (Phi) is 5.61. The number of thiophene rings is 1. The van der Waals surface area contributed by atoms with Crippen LogP contribution in [-0.2, 0) is 11.2 Å². The fourth-order valence-corrected chi connectivity index (χ4v) is 5.11. The van der Waals surface area contributed by atoms with Gasteiger partial charge in [0.25, 0.3) is 5.91 Å². The van der Waals surface area contributed by atoms with Gasteiger partial charge in [0, 0.05) is 17.5 Å². The van der Waals surface area contributed by atoms with Crippen molar-refractivity contribution in [1.29, 1.82) is 0 Å². The Morgan fingerprint density at radius 1 is 1.24 bits per heavy atom. The van der Waals surface area contributed by atoms with Crippen LogP contribution in [0.4, 0.5) is 4.79 Å². The Balaban J connectivity index is 1.41. The molecule has 154 valence electrons. The van der Waals surface area contributed by atoms with Crippen molar-refractivity contribution in [3.8, 4) is 5.75 Å². The molecular weight excluding hydrogens is 386 g/mol. The van der Waals surface area contributed by atoms with Crippen LogP contribution in [0, 0.1) is 0 Å². The van der Waals surface area contributed by atoms with Crippen LogP contribution in [0.2, 0.25) is 0 Å². The van der Waals surface area contributed by atoms with Crippen molar-refractivity contribution in [1.82, 2.24) is 15.1 Å². The van der Waals surface area contributed by atoms with Gasteiger partial charge in [-0.3, -0.25) is 9.69 Å². The normalized spacial score (nSPS) is 24.9. The topological polar surface area (TPSA) is 61.9 Å². The van der Waals surface area contributed by atoms with Crippen molar-refractivity contribution < 1.29 is 14.3 Å². The molecule has 1 aromatic heterocycles. The molecule has 0 unspecified atom stereocenters. The van der Waals surface area contributed by atoms with Gasteiger partial charge >= 0.3 is 6.03 Å². The molecule has 29 heavy (non-hydrogen) atoms. The highest BCUT2D eigenvalue weighted by Gasteiger charge is 2.48. The van der Waals surface area contributed by atoms with Crippen LogP contribution >= 0.6 is 11.3 Å². The van der Waals surface area contributed by atoms with E-state index in [0.29, 0.717) is 25.6 Å². The number of carbonyl (C=O) groups excluding carboxylic acids is 2. The molecule has 2 saturated heterocycles. The Labute approximate surface area is 175 Å². The second-order valence-corrected chi connectivity index (χ2v) is 8.95. The molecule has 0 radical (unpaired) electrons. The summed E-state index contributed by atoms with van der Waals surface area (Å²) < 4.78 is 5.19. The van der Waals surface area contributed by atoms with Gasteiger partial charge in [0.1, 0.15) is 11.3 Å². The third-order valence-corrected chi connectivity index (χ3v) is 6.95. The van der Waals surface area contributed by atoms with Crippen molar-refractivity contribution >= 4 is 23.3 Å². The van der Waals surface area contributed by atoms with Crippen molar-refractivity contribution in [2.45, 2.75) is 44.2 Å². The molecule has 0 spiro atoms. The fraction of sp³-hybridized carbons (Fsp3) is 0.455. The molecule has 4 rings (SSSR count). The van der Waals surface area contributed by atoms with Crippen molar-refractivity contribution in [3.05, 3.63) is 52.2 Å². The maximum absolute atomic E-state index is 13.1. The maximum Gasteiger partial charge on any atom is 0.326 e. The number of carbonyl (C=O) groups is 2. The third kappa shape index (κ3) is 4.02. The number of aryl methyl sites for hydroxylation is 1. The quantitative estimate of drug-likeness (QED) is 0.702. The van der Waals surface area contributed by atoms with Crippen molar-refractivity contribution in [3.63, 3.8) is 0 Å². The van der Waals surface area contributed by atoms with Gasteiger partial charge in [0.15, 0.2) is 0 Å². The van der Waals surface area contributed by atoms with E-state index in [9.17, 15) is 9.59 Å². The lowest BCUT2D eigenvalue weighted by atomic mass is 9.93. The van der Waals surface area contributed by atoms with E-state index in [-0.39, 0.29) is 11.9 Å². The van der Waals surface area contributed by atoms with Crippen LogP contribution in [0.15, 0.2) is 41.8 Å². The van der Waals surface area contributed by atoms with E-state index in [1.807, 2.05) is 31.2 Å². The molecule has 0 aliphatic carbocycles. The molecule has 1 aromatic carbocycles. The average molecular weight is 414 g/mol. The molecule has 3 heterocycles. The number of nitrogens with one attached hydrogen (secondary N) is 1. The first-order valence-corrected chi connectivity index (χ1v) is 10.9. The van der Waals surface area contributed by atoms with Crippen LogP contribution in [0.5, 0.6) is 5.75 Å². The first-order chi connectivity index (χ1) is 14.0. The highest BCUT2D eigenvalue weighted by molar-refractivity contribution is 7.10. The number of urea groups is 1. The lowest BCUT2D eigenvalue weighted by Gasteiger charge is -2.28. The van der Waals surface area contributed by atoms with E-state index in [1.165, 1.54) is 9.78 Å². The van der Waals surface area contributed by atoms with Gasteiger partial charge < -0.3 is 10.1 Å². The predicted molar refractivity (Wildman–Crippen MR) is 113 cm³/mol. The van der Waals surface area contributed by atoms with E-state index in [0.717, 1.165) is 30.7 Å². The highest BCUT2D eigenvalue weighted by atomic mass is 32.1. The minimum absolute atomic E-state index is 0.132. The van der Waals surface area contributed by atoms with Gasteiger partial charge in [-0.1, -0.05) is 18.2 Å². The maximum atomic E-state index is 13.1. The average Bonchev–Trinajstić information content (AvgIpc) is 3.45. The monoisotopic (exact) mass is 413 g/mol. The zero-order valence-electron chi connectivity index (χ0n) is 16.9. The van der Waals surface area contributed by atoms with Gasteiger partial charge in [-0.15, -0.1) is 11.3 Å². The summed E-state index contributed by atoms with van der Waals surface area (Å²) in [6.45, 7) is 3.09. The Morgan fingerprint density at radius 3 is 2.72 bits per heavy atom. The van der Waals surface area contributed by atoms with Gasteiger partial charge in [0.05, 0.1) is 13.8 Å². The number of hydrogen-bond acceptors (Lipinski definition) is 5. The fourth-order valence-electron chi connectivity index (χ4n) is 4.21. The lowest BCUT2D eigenvalue weighted by molar-refractivity contribution is -0.132. The standard InChI is InChI=1S/C22H27N3O3S/c1-22(12-11-16-7-9-17(28-2)10-8-16)20(26)25(21(27)23-22)15-24-13-3-5-18(24)19-6-4-14-29-19/h4,6-10,14,18H,3,5,11-13,15H2,1-2H3,(H,23,27)/t18-,22-/m1/s1. The number of nitrogens with zero attached hydrogens (tertiary/aromatic N) is 2. The summed E-state index contributed by atoms with van der Waals surface area (Å²) in [6, 6.07) is 12.0. The molecule has 2 fully saturated rings. The molecular formula is C22H27N3O3S. The van der Waals surface area contributed by atoms with Gasteiger partial charge in [-0.2, -0.15) is 0 Å². The molecule has 6 nitrogen and oxygen atoms in total. The number of benzene rings is 1. The number of ether oxygens (including phenoxy) is 1. The number of imide groups is 1.